The van der Waals surface area contributed by atoms with Crippen molar-refractivity contribution in [1.82, 2.24) is 0 Å². The number of oxime groups is 1. The molecule has 15 heavy (non-hydrogen) atoms. The summed E-state index contributed by atoms with van der Waals surface area (Å²) in [6.45, 7) is 2.67. The van der Waals surface area contributed by atoms with E-state index >= 15 is 0 Å². The molecule has 1 aromatic rings. The van der Waals surface area contributed by atoms with E-state index in [2.05, 4.69) is 26.4 Å². The van der Waals surface area contributed by atoms with Crippen molar-refractivity contribution in [2.45, 2.75) is 13.3 Å². The third-order valence-corrected chi connectivity index (χ3v) is 2.64. The van der Waals surface area contributed by atoms with Crippen molar-refractivity contribution in [2.24, 2.45) is 10.9 Å². The minimum absolute atomic E-state index is 0.228. The van der Waals surface area contributed by atoms with E-state index in [-0.39, 0.29) is 5.84 Å². The lowest BCUT2D eigenvalue weighted by molar-refractivity contribution is 0.317. The van der Waals surface area contributed by atoms with Crippen LogP contribution in [0.4, 0.5) is 5.69 Å². The maximum absolute atomic E-state index is 8.36. The van der Waals surface area contributed by atoms with Crippen molar-refractivity contribution >= 4 is 27.5 Å². The number of anilines is 1. The number of amidine groups is 1. The Hall–Kier alpha value is -1.23. The van der Waals surface area contributed by atoms with Gasteiger partial charge in [-0.1, -0.05) is 11.2 Å². The first-order chi connectivity index (χ1) is 7.13. The van der Waals surface area contributed by atoms with Gasteiger partial charge in [-0.05, 0) is 40.5 Å². The molecule has 4 N–H and O–H groups in total. The summed E-state index contributed by atoms with van der Waals surface area (Å²) in [4.78, 5) is 0. The highest BCUT2D eigenvalue weighted by Gasteiger charge is 1.99. The molecule has 0 radical (unpaired) electrons. The van der Waals surface area contributed by atoms with Crippen molar-refractivity contribution in [3.05, 3.63) is 28.2 Å². The van der Waals surface area contributed by atoms with Gasteiger partial charge in [0.25, 0.3) is 0 Å². The average Bonchev–Trinajstić information content (AvgIpc) is 2.23. The maximum atomic E-state index is 8.36. The van der Waals surface area contributed by atoms with Crippen LogP contribution in [0.5, 0.6) is 0 Å². The molecule has 0 bridgehead atoms. The van der Waals surface area contributed by atoms with Crippen LogP contribution in [0.2, 0.25) is 0 Å². The largest absolute Gasteiger partial charge is 0.409 e. The van der Waals surface area contributed by atoms with E-state index in [0.717, 1.165) is 10.2 Å². The van der Waals surface area contributed by atoms with E-state index < -0.39 is 0 Å². The smallest absolute Gasteiger partial charge is 0.140 e. The lowest BCUT2D eigenvalue weighted by Crippen LogP contribution is -2.16. The van der Waals surface area contributed by atoms with Gasteiger partial charge >= 0.3 is 0 Å². The van der Waals surface area contributed by atoms with Crippen molar-refractivity contribution in [2.75, 3.05) is 11.9 Å². The Bertz CT molecular complexity index is 366. The Morgan fingerprint density at radius 3 is 3.00 bits per heavy atom. The molecule has 5 heteroatoms. The predicted octanol–water partition coefficient (Wildman–Crippen LogP) is 2.31. The highest BCUT2D eigenvalue weighted by atomic mass is 79.9. The van der Waals surface area contributed by atoms with Crippen LogP contribution in [0.15, 0.2) is 27.8 Å². The highest BCUT2D eigenvalue weighted by molar-refractivity contribution is 9.10. The third-order valence-electron chi connectivity index (χ3n) is 1.95. The summed E-state index contributed by atoms with van der Waals surface area (Å²) in [6.07, 6.45) is 0.511. The number of nitrogens with one attached hydrogen (secondary N) is 1. The lowest BCUT2D eigenvalue weighted by atomic mass is 10.2. The van der Waals surface area contributed by atoms with E-state index in [1.54, 1.807) is 0 Å². The third kappa shape index (κ3) is 3.79. The fourth-order valence-corrected chi connectivity index (χ4v) is 1.54. The van der Waals surface area contributed by atoms with Gasteiger partial charge in [0.05, 0.1) is 0 Å². The fraction of sp³-hybridized carbons (Fsp3) is 0.300. The summed E-state index contributed by atoms with van der Waals surface area (Å²) in [6, 6.07) is 6.05. The molecule has 1 aromatic carbocycles. The first-order valence-corrected chi connectivity index (χ1v) is 5.39. The molecule has 1 rings (SSSR count). The van der Waals surface area contributed by atoms with Crippen molar-refractivity contribution in [3.63, 3.8) is 0 Å². The van der Waals surface area contributed by atoms with Gasteiger partial charge in [0.1, 0.15) is 5.84 Å². The van der Waals surface area contributed by atoms with Gasteiger partial charge in [-0.25, -0.2) is 0 Å². The summed E-state index contributed by atoms with van der Waals surface area (Å²) < 4.78 is 1.01. The van der Waals surface area contributed by atoms with Gasteiger partial charge < -0.3 is 16.3 Å². The SMILES string of the molecule is Cc1ccc(Br)c(NCC/C(N)=N/O)c1. The summed E-state index contributed by atoms with van der Waals surface area (Å²) in [7, 11) is 0. The van der Waals surface area contributed by atoms with Crippen molar-refractivity contribution < 1.29 is 5.21 Å². The summed E-state index contributed by atoms with van der Waals surface area (Å²) in [5.74, 6) is 0.228. The number of aryl methyl sites for hydroxylation is 1. The van der Waals surface area contributed by atoms with Crippen LogP contribution in [0.1, 0.15) is 12.0 Å². The molecule has 0 aliphatic carbocycles. The quantitative estimate of drug-likeness (QED) is 0.341. The molecular formula is C10H14BrN3O. The normalized spacial score (nSPS) is 11.5. The number of halogens is 1. The van der Waals surface area contributed by atoms with E-state index in [1.165, 1.54) is 5.56 Å². The average molecular weight is 272 g/mol. The van der Waals surface area contributed by atoms with Crippen LogP contribution in [0, 0.1) is 6.92 Å². The van der Waals surface area contributed by atoms with Crippen molar-refractivity contribution in [1.29, 1.82) is 0 Å². The molecule has 0 unspecified atom stereocenters. The molecule has 0 fully saturated rings. The van der Waals surface area contributed by atoms with Crippen LogP contribution < -0.4 is 11.1 Å². The Labute approximate surface area is 97.3 Å². The molecule has 0 saturated heterocycles. The minimum atomic E-state index is 0.228. The second-order valence-electron chi connectivity index (χ2n) is 3.25. The summed E-state index contributed by atoms with van der Waals surface area (Å²) >= 11 is 3.44. The van der Waals surface area contributed by atoms with E-state index in [9.17, 15) is 0 Å². The standard InChI is InChI=1S/C10H14BrN3O/c1-7-2-3-8(11)9(6-7)13-5-4-10(12)14-15/h2-3,6,13,15H,4-5H2,1H3,(H2,12,14). The summed E-state index contributed by atoms with van der Waals surface area (Å²) in [5.41, 5.74) is 7.55. The molecule has 0 heterocycles. The van der Waals surface area contributed by atoms with E-state index in [0.29, 0.717) is 13.0 Å². The number of hydrogen-bond acceptors (Lipinski definition) is 3. The zero-order valence-electron chi connectivity index (χ0n) is 8.50. The summed E-state index contributed by atoms with van der Waals surface area (Å²) in [5, 5.41) is 14.5. The molecule has 0 atom stereocenters. The molecule has 0 amide bonds. The first kappa shape index (κ1) is 11.8. The van der Waals surface area contributed by atoms with Gasteiger partial charge in [-0.15, -0.1) is 0 Å². The van der Waals surface area contributed by atoms with E-state index in [4.69, 9.17) is 10.9 Å². The second-order valence-corrected chi connectivity index (χ2v) is 4.11. The molecule has 0 aromatic heterocycles. The van der Waals surface area contributed by atoms with Crippen LogP contribution in [0.3, 0.4) is 0 Å². The van der Waals surface area contributed by atoms with Gasteiger partial charge in [0.2, 0.25) is 0 Å². The fourth-order valence-electron chi connectivity index (χ4n) is 1.15. The van der Waals surface area contributed by atoms with Crippen LogP contribution in [-0.2, 0) is 0 Å². The first-order valence-electron chi connectivity index (χ1n) is 4.60. The van der Waals surface area contributed by atoms with Crippen LogP contribution in [0.25, 0.3) is 0 Å². The molecule has 0 saturated carbocycles. The topological polar surface area (TPSA) is 70.6 Å². The molecule has 0 aliphatic heterocycles. The van der Waals surface area contributed by atoms with Crippen molar-refractivity contribution in [3.8, 4) is 0 Å². The van der Waals surface area contributed by atoms with Crippen LogP contribution >= 0.6 is 15.9 Å². The number of nitrogens with zero attached hydrogens (tertiary/aromatic N) is 1. The van der Waals surface area contributed by atoms with E-state index in [1.807, 2.05) is 25.1 Å². The molecule has 4 nitrogen and oxygen atoms in total. The Balaban J connectivity index is 2.54. The predicted molar refractivity (Wildman–Crippen MR) is 65.4 cm³/mol. The second kappa shape index (κ2) is 5.60. The maximum Gasteiger partial charge on any atom is 0.140 e. The van der Waals surface area contributed by atoms with Crippen LogP contribution in [-0.4, -0.2) is 17.6 Å². The van der Waals surface area contributed by atoms with Gasteiger partial charge in [0.15, 0.2) is 0 Å². The molecule has 82 valence electrons. The zero-order chi connectivity index (χ0) is 11.3. The number of benzene rings is 1. The zero-order valence-corrected chi connectivity index (χ0v) is 10.1. The number of hydrogen-bond donors (Lipinski definition) is 3. The number of nitrogens with two attached hydrogens (primary N) is 1. The van der Waals surface area contributed by atoms with Gasteiger partial charge in [-0.3, -0.25) is 0 Å². The van der Waals surface area contributed by atoms with Gasteiger partial charge in [0, 0.05) is 23.1 Å². The Morgan fingerprint density at radius 2 is 2.33 bits per heavy atom. The Morgan fingerprint density at radius 1 is 1.60 bits per heavy atom. The Kier molecular flexibility index (Phi) is 4.42. The highest BCUT2D eigenvalue weighted by Crippen LogP contribution is 2.23. The monoisotopic (exact) mass is 271 g/mol. The lowest BCUT2D eigenvalue weighted by Gasteiger charge is -2.08. The van der Waals surface area contributed by atoms with Gasteiger partial charge in [-0.2, -0.15) is 0 Å². The molecule has 0 aliphatic rings. The molecular weight excluding hydrogens is 258 g/mol. The molecule has 0 spiro atoms. The number of rotatable bonds is 4. The minimum Gasteiger partial charge on any atom is -0.409 e.